The third kappa shape index (κ3) is 2.05. The Labute approximate surface area is 110 Å². The van der Waals surface area contributed by atoms with E-state index in [0.29, 0.717) is 6.54 Å². The summed E-state index contributed by atoms with van der Waals surface area (Å²) >= 11 is 1.71. The molecule has 1 aromatic carbocycles. The molecule has 18 heavy (non-hydrogen) atoms. The quantitative estimate of drug-likeness (QED) is 0.784. The number of fused-ring (bicyclic) bond motifs is 1. The fraction of sp³-hybridized carbons (Fsp3) is 0.214. The fourth-order valence-corrected chi connectivity index (χ4v) is 2.88. The summed E-state index contributed by atoms with van der Waals surface area (Å²) in [6, 6.07) is 8.51. The summed E-state index contributed by atoms with van der Waals surface area (Å²) in [5.41, 5.74) is 9.18. The molecule has 0 atom stereocenters. The lowest BCUT2D eigenvalue weighted by Gasteiger charge is -2.04. The standard InChI is InChI=1S/C14H15N3S/c1-10-9-18-14(16-10)8-17-5-4-12-3-2-11(7-15)6-13(12)17/h2-6,9H,7-8,15H2,1H3. The first-order valence-corrected chi connectivity index (χ1v) is 6.83. The van der Waals surface area contributed by atoms with Gasteiger partial charge in [0.1, 0.15) is 5.01 Å². The number of nitrogens with zero attached hydrogens (tertiary/aromatic N) is 2. The van der Waals surface area contributed by atoms with Crippen LogP contribution in [0.2, 0.25) is 0 Å². The summed E-state index contributed by atoms with van der Waals surface area (Å²) in [6.07, 6.45) is 2.11. The Morgan fingerprint density at radius 3 is 2.94 bits per heavy atom. The molecular weight excluding hydrogens is 242 g/mol. The minimum Gasteiger partial charge on any atom is -0.341 e. The van der Waals surface area contributed by atoms with Gasteiger partial charge < -0.3 is 10.3 Å². The lowest BCUT2D eigenvalue weighted by molar-refractivity contribution is 0.824. The van der Waals surface area contributed by atoms with E-state index in [0.717, 1.165) is 22.8 Å². The van der Waals surface area contributed by atoms with Crippen molar-refractivity contribution in [3.8, 4) is 0 Å². The summed E-state index contributed by atoms with van der Waals surface area (Å²) < 4.78 is 2.23. The largest absolute Gasteiger partial charge is 0.341 e. The molecule has 0 amide bonds. The summed E-state index contributed by atoms with van der Waals surface area (Å²) in [6.45, 7) is 3.44. The van der Waals surface area contributed by atoms with Crippen LogP contribution in [0, 0.1) is 6.92 Å². The Balaban J connectivity index is 2.01. The second kappa shape index (κ2) is 4.55. The van der Waals surface area contributed by atoms with Crippen molar-refractivity contribution in [2.24, 2.45) is 5.73 Å². The summed E-state index contributed by atoms with van der Waals surface area (Å²) in [5.74, 6) is 0. The van der Waals surface area contributed by atoms with Crippen LogP contribution in [-0.4, -0.2) is 9.55 Å². The highest BCUT2D eigenvalue weighted by atomic mass is 32.1. The fourth-order valence-electron chi connectivity index (χ4n) is 2.12. The maximum atomic E-state index is 5.70. The van der Waals surface area contributed by atoms with Crippen molar-refractivity contribution >= 4 is 22.2 Å². The van der Waals surface area contributed by atoms with Gasteiger partial charge in [-0.3, -0.25) is 0 Å². The highest BCUT2D eigenvalue weighted by molar-refractivity contribution is 7.09. The van der Waals surface area contributed by atoms with Crippen molar-refractivity contribution in [1.29, 1.82) is 0 Å². The van der Waals surface area contributed by atoms with Crippen molar-refractivity contribution < 1.29 is 0 Å². The normalized spacial score (nSPS) is 11.2. The van der Waals surface area contributed by atoms with E-state index in [2.05, 4.69) is 45.4 Å². The maximum Gasteiger partial charge on any atom is 0.113 e. The molecule has 92 valence electrons. The second-order valence-electron chi connectivity index (χ2n) is 4.42. The first-order valence-electron chi connectivity index (χ1n) is 5.95. The molecule has 2 heterocycles. The molecule has 0 radical (unpaired) electrons. The van der Waals surface area contributed by atoms with E-state index >= 15 is 0 Å². The predicted octanol–water partition coefficient (Wildman–Crippen LogP) is 2.91. The van der Waals surface area contributed by atoms with Gasteiger partial charge in [0.05, 0.1) is 6.54 Å². The first kappa shape index (κ1) is 11.4. The van der Waals surface area contributed by atoms with Gasteiger partial charge >= 0.3 is 0 Å². The lowest BCUT2D eigenvalue weighted by Crippen LogP contribution is -1.99. The summed E-state index contributed by atoms with van der Waals surface area (Å²) in [7, 11) is 0. The molecule has 0 bridgehead atoms. The van der Waals surface area contributed by atoms with E-state index in [-0.39, 0.29) is 0 Å². The number of nitrogens with two attached hydrogens (primary N) is 1. The highest BCUT2D eigenvalue weighted by Gasteiger charge is 2.05. The zero-order valence-corrected chi connectivity index (χ0v) is 11.1. The van der Waals surface area contributed by atoms with Gasteiger partial charge in [-0.1, -0.05) is 12.1 Å². The van der Waals surface area contributed by atoms with E-state index in [1.165, 1.54) is 10.9 Å². The second-order valence-corrected chi connectivity index (χ2v) is 5.37. The number of benzene rings is 1. The zero-order chi connectivity index (χ0) is 12.5. The molecule has 0 fully saturated rings. The van der Waals surface area contributed by atoms with E-state index in [1.807, 2.05) is 6.92 Å². The van der Waals surface area contributed by atoms with Gasteiger partial charge in [0, 0.05) is 29.3 Å². The van der Waals surface area contributed by atoms with Gasteiger partial charge in [-0.05, 0) is 30.0 Å². The van der Waals surface area contributed by atoms with Crippen LogP contribution < -0.4 is 5.73 Å². The number of rotatable bonds is 3. The predicted molar refractivity (Wildman–Crippen MR) is 75.8 cm³/mol. The molecule has 0 saturated heterocycles. The van der Waals surface area contributed by atoms with Crippen LogP contribution in [-0.2, 0) is 13.1 Å². The smallest absolute Gasteiger partial charge is 0.113 e. The molecule has 3 rings (SSSR count). The summed E-state index contributed by atoms with van der Waals surface area (Å²) in [4.78, 5) is 4.51. The number of aryl methyl sites for hydroxylation is 1. The summed E-state index contributed by atoms with van der Waals surface area (Å²) in [5, 5.41) is 4.48. The Kier molecular flexibility index (Phi) is 2.89. The topological polar surface area (TPSA) is 43.8 Å². The van der Waals surface area contributed by atoms with Crippen molar-refractivity contribution in [1.82, 2.24) is 9.55 Å². The van der Waals surface area contributed by atoms with Crippen LogP contribution in [0.1, 0.15) is 16.3 Å². The Morgan fingerprint density at radius 1 is 1.33 bits per heavy atom. The number of thiazole rings is 1. The monoisotopic (exact) mass is 257 g/mol. The minimum atomic E-state index is 0.581. The van der Waals surface area contributed by atoms with Crippen LogP contribution in [0.3, 0.4) is 0 Å². The third-order valence-electron chi connectivity index (χ3n) is 3.05. The van der Waals surface area contributed by atoms with Gasteiger partial charge in [-0.25, -0.2) is 4.98 Å². The van der Waals surface area contributed by atoms with Crippen LogP contribution >= 0.6 is 11.3 Å². The van der Waals surface area contributed by atoms with Crippen LogP contribution in [0.4, 0.5) is 0 Å². The van der Waals surface area contributed by atoms with Gasteiger partial charge in [-0.15, -0.1) is 11.3 Å². The third-order valence-corrected chi connectivity index (χ3v) is 4.00. The molecule has 3 aromatic rings. The molecule has 0 unspecified atom stereocenters. The number of aromatic nitrogens is 2. The average Bonchev–Trinajstić information content (AvgIpc) is 2.96. The van der Waals surface area contributed by atoms with Crippen LogP contribution in [0.15, 0.2) is 35.8 Å². The van der Waals surface area contributed by atoms with E-state index in [1.54, 1.807) is 11.3 Å². The Morgan fingerprint density at radius 2 is 2.22 bits per heavy atom. The molecule has 0 saturated carbocycles. The van der Waals surface area contributed by atoms with Gasteiger partial charge in [0.25, 0.3) is 0 Å². The lowest BCUT2D eigenvalue weighted by atomic mass is 10.1. The van der Waals surface area contributed by atoms with Gasteiger partial charge in [-0.2, -0.15) is 0 Å². The molecule has 0 aliphatic heterocycles. The van der Waals surface area contributed by atoms with Gasteiger partial charge in [0.2, 0.25) is 0 Å². The van der Waals surface area contributed by atoms with Crippen LogP contribution in [0.25, 0.3) is 10.9 Å². The molecular formula is C14H15N3S. The molecule has 2 N–H and O–H groups in total. The molecule has 0 aliphatic rings. The van der Waals surface area contributed by atoms with Crippen molar-refractivity contribution in [2.45, 2.75) is 20.0 Å². The highest BCUT2D eigenvalue weighted by Crippen LogP contribution is 2.20. The Hall–Kier alpha value is -1.65. The molecule has 2 aromatic heterocycles. The number of hydrogen-bond donors (Lipinski definition) is 1. The molecule has 0 aliphatic carbocycles. The number of hydrogen-bond acceptors (Lipinski definition) is 3. The SMILES string of the molecule is Cc1csc(Cn2ccc3ccc(CN)cc32)n1. The molecule has 4 heteroatoms. The van der Waals surface area contributed by atoms with Crippen molar-refractivity contribution in [2.75, 3.05) is 0 Å². The zero-order valence-electron chi connectivity index (χ0n) is 10.3. The first-order chi connectivity index (χ1) is 8.76. The van der Waals surface area contributed by atoms with E-state index in [4.69, 9.17) is 5.73 Å². The van der Waals surface area contributed by atoms with E-state index in [9.17, 15) is 0 Å². The molecule has 0 spiro atoms. The van der Waals surface area contributed by atoms with E-state index < -0.39 is 0 Å². The van der Waals surface area contributed by atoms with Crippen molar-refractivity contribution in [3.05, 3.63) is 52.1 Å². The minimum absolute atomic E-state index is 0.581. The molecule has 3 nitrogen and oxygen atoms in total. The maximum absolute atomic E-state index is 5.70. The van der Waals surface area contributed by atoms with Crippen LogP contribution in [0.5, 0.6) is 0 Å². The Bertz CT molecular complexity index is 681. The van der Waals surface area contributed by atoms with Crippen molar-refractivity contribution in [3.63, 3.8) is 0 Å². The average molecular weight is 257 g/mol. The van der Waals surface area contributed by atoms with Gasteiger partial charge in [0.15, 0.2) is 0 Å².